The average Bonchev–Trinajstić information content (AvgIpc) is 2.50. The van der Waals surface area contributed by atoms with Crippen molar-refractivity contribution in [1.82, 2.24) is 10.6 Å². The van der Waals surface area contributed by atoms with E-state index in [1.165, 1.54) is 5.56 Å². The van der Waals surface area contributed by atoms with Gasteiger partial charge in [0.05, 0.1) is 6.54 Å². The molecular formula is C17H30IN3O. The molecule has 0 heterocycles. The van der Waals surface area contributed by atoms with E-state index in [1.807, 2.05) is 6.07 Å². The average molecular weight is 419 g/mol. The highest BCUT2D eigenvalue weighted by atomic mass is 127. The lowest BCUT2D eigenvalue weighted by Gasteiger charge is -2.24. The third kappa shape index (κ3) is 7.98. The smallest absolute Gasteiger partial charge is 0.191 e. The lowest BCUT2D eigenvalue weighted by molar-refractivity contribution is 0.195. The first kappa shape index (κ1) is 21.2. The molecule has 1 aromatic carbocycles. The lowest BCUT2D eigenvalue weighted by Crippen LogP contribution is -2.39. The molecule has 0 saturated carbocycles. The molecule has 1 rings (SSSR count). The molecule has 0 radical (unpaired) electrons. The molecule has 0 amide bonds. The number of rotatable bonds is 8. The zero-order chi connectivity index (χ0) is 15.6. The zero-order valence-electron chi connectivity index (χ0n) is 14.2. The fourth-order valence-corrected chi connectivity index (χ4v) is 2.02. The normalized spacial score (nSPS) is 11.7. The van der Waals surface area contributed by atoms with Crippen LogP contribution in [0.2, 0.25) is 0 Å². The molecule has 22 heavy (non-hydrogen) atoms. The Kier molecular flexibility index (Phi) is 11.3. The molecule has 5 heteroatoms. The number of hydrogen-bond donors (Lipinski definition) is 2. The monoisotopic (exact) mass is 419 g/mol. The number of aliphatic imine (C=N–C) groups is 1. The van der Waals surface area contributed by atoms with Crippen LogP contribution in [0.4, 0.5) is 0 Å². The summed E-state index contributed by atoms with van der Waals surface area (Å²) in [5, 5.41) is 6.62. The van der Waals surface area contributed by atoms with Crippen molar-refractivity contribution in [3.05, 3.63) is 35.9 Å². The van der Waals surface area contributed by atoms with Crippen LogP contribution in [0.1, 0.15) is 32.8 Å². The van der Waals surface area contributed by atoms with Crippen molar-refractivity contribution in [2.45, 2.75) is 32.6 Å². The summed E-state index contributed by atoms with van der Waals surface area (Å²) in [4.78, 5) is 4.71. The van der Waals surface area contributed by atoms with Gasteiger partial charge in [-0.3, -0.25) is 4.99 Å². The third-order valence-corrected chi connectivity index (χ3v) is 3.35. The Hall–Kier alpha value is -0.820. The minimum Gasteiger partial charge on any atom is -0.385 e. The van der Waals surface area contributed by atoms with E-state index in [0.717, 1.165) is 38.6 Å². The van der Waals surface area contributed by atoms with Gasteiger partial charge in [0.15, 0.2) is 5.96 Å². The van der Waals surface area contributed by atoms with Gasteiger partial charge in [0, 0.05) is 32.2 Å². The predicted molar refractivity (Wildman–Crippen MR) is 105 cm³/mol. The first-order chi connectivity index (χ1) is 10.1. The summed E-state index contributed by atoms with van der Waals surface area (Å²) in [7, 11) is 1.72. The third-order valence-electron chi connectivity index (χ3n) is 3.35. The van der Waals surface area contributed by atoms with Gasteiger partial charge in [0.25, 0.3) is 0 Å². The van der Waals surface area contributed by atoms with Gasteiger partial charge in [-0.1, -0.05) is 44.2 Å². The summed E-state index contributed by atoms with van der Waals surface area (Å²) in [6.45, 7) is 9.77. The van der Waals surface area contributed by atoms with Gasteiger partial charge in [-0.2, -0.15) is 0 Å². The highest BCUT2D eigenvalue weighted by Gasteiger charge is 2.19. The summed E-state index contributed by atoms with van der Waals surface area (Å²) in [6, 6.07) is 10.5. The Balaban J connectivity index is 0.00000441. The van der Waals surface area contributed by atoms with Crippen LogP contribution in [0.25, 0.3) is 0 Å². The van der Waals surface area contributed by atoms with E-state index in [0.29, 0.717) is 0 Å². The number of methoxy groups -OCH3 is 1. The SMILES string of the molecule is CCNC(=NCC(C)(C)c1ccccc1)NCCCOC.I. The van der Waals surface area contributed by atoms with Gasteiger partial charge in [-0.05, 0) is 18.9 Å². The Labute approximate surface area is 152 Å². The minimum atomic E-state index is 0. The summed E-state index contributed by atoms with van der Waals surface area (Å²) in [6.07, 6.45) is 0.975. The fraction of sp³-hybridized carbons (Fsp3) is 0.588. The molecule has 0 fully saturated rings. The van der Waals surface area contributed by atoms with Crippen LogP contribution in [0.5, 0.6) is 0 Å². The number of guanidine groups is 1. The highest BCUT2D eigenvalue weighted by molar-refractivity contribution is 14.0. The minimum absolute atomic E-state index is 0. The summed E-state index contributed by atoms with van der Waals surface area (Å²) in [5.41, 5.74) is 1.33. The van der Waals surface area contributed by atoms with Crippen molar-refractivity contribution in [2.75, 3.05) is 33.4 Å². The number of nitrogens with one attached hydrogen (secondary N) is 2. The van der Waals surface area contributed by atoms with Crippen molar-refractivity contribution in [2.24, 2.45) is 4.99 Å². The van der Waals surface area contributed by atoms with Gasteiger partial charge in [0.2, 0.25) is 0 Å². The second-order valence-corrected chi connectivity index (χ2v) is 5.72. The molecule has 1 aromatic rings. The van der Waals surface area contributed by atoms with Crippen LogP contribution in [0, 0.1) is 0 Å². The van der Waals surface area contributed by atoms with Gasteiger partial charge in [-0.25, -0.2) is 0 Å². The number of halogens is 1. The first-order valence-corrected chi connectivity index (χ1v) is 7.67. The van der Waals surface area contributed by atoms with Crippen LogP contribution in [-0.4, -0.2) is 39.3 Å². The molecule has 0 aliphatic heterocycles. The number of nitrogens with zero attached hydrogens (tertiary/aromatic N) is 1. The van der Waals surface area contributed by atoms with Gasteiger partial charge in [-0.15, -0.1) is 24.0 Å². The van der Waals surface area contributed by atoms with E-state index in [2.05, 4.69) is 55.7 Å². The standard InChI is InChI=1S/C17H29N3O.HI/c1-5-18-16(19-12-9-13-21-4)20-14-17(2,3)15-10-7-6-8-11-15;/h6-8,10-11H,5,9,12-14H2,1-4H3,(H2,18,19,20);1H. The second kappa shape index (κ2) is 11.7. The molecule has 4 nitrogen and oxygen atoms in total. The maximum atomic E-state index is 5.06. The lowest BCUT2D eigenvalue weighted by atomic mass is 9.85. The Morgan fingerprint density at radius 1 is 1.18 bits per heavy atom. The van der Waals surface area contributed by atoms with Crippen LogP contribution < -0.4 is 10.6 Å². The van der Waals surface area contributed by atoms with E-state index in [9.17, 15) is 0 Å². The summed E-state index contributed by atoms with van der Waals surface area (Å²) < 4.78 is 5.06. The van der Waals surface area contributed by atoms with Crippen molar-refractivity contribution in [3.8, 4) is 0 Å². The topological polar surface area (TPSA) is 45.7 Å². The largest absolute Gasteiger partial charge is 0.385 e. The molecule has 0 saturated heterocycles. The van der Waals surface area contributed by atoms with Crippen LogP contribution >= 0.6 is 24.0 Å². The van der Waals surface area contributed by atoms with E-state index >= 15 is 0 Å². The molecule has 126 valence electrons. The molecular weight excluding hydrogens is 389 g/mol. The van der Waals surface area contributed by atoms with Crippen molar-refractivity contribution in [3.63, 3.8) is 0 Å². The molecule has 0 atom stereocenters. The Morgan fingerprint density at radius 3 is 2.45 bits per heavy atom. The molecule has 0 aliphatic rings. The molecule has 0 bridgehead atoms. The van der Waals surface area contributed by atoms with E-state index in [-0.39, 0.29) is 29.4 Å². The van der Waals surface area contributed by atoms with Crippen LogP contribution in [0.3, 0.4) is 0 Å². The molecule has 0 aliphatic carbocycles. The number of benzene rings is 1. The fourth-order valence-electron chi connectivity index (χ4n) is 2.02. The first-order valence-electron chi connectivity index (χ1n) is 7.67. The van der Waals surface area contributed by atoms with Crippen LogP contribution in [-0.2, 0) is 10.2 Å². The second-order valence-electron chi connectivity index (χ2n) is 5.72. The molecule has 0 unspecified atom stereocenters. The molecule has 0 aromatic heterocycles. The predicted octanol–water partition coefficient (Wildman–Crippen LogP) is 3.17. The quantitative estimate of drug-likeness (QED) is 0.295. The van der Waals surface area contributed by atoms with Crippen molar-refractivity contribution >= 4 is 29.9 Å². The zero-order valence-corrected chi connectivity index (χ0v) is 16.5. The van der Waals surface area contributed by atoms with Crippen molar-refractivity contribution in [1.29, 1.82) is 0 Å². The van der Waals surface area contributed by atoms with Crippen molar-refractivity contribution < 1.29 is 4.74 Å². The molecule has 2 N–H and O–H groups in total. The Bertz CT molecular complexity index is 421. The summed E-state index contributed by atoms with van der Waals surface area (Å²) >= 11 is 0. The van der Waals surface area contributed by atoms with E-state index in [1.54, 1.807) is 7.11 Å². The molecule has 0 spiro atoms. The number of hydrogen-bond acceptors (Lipinski definition) is 2. The van der Waals surface area contributed by atoms with E-state index in [4.69, 9.17) is 9.73 Å². The maximum Gasteiger partial charge on any atom is 0.191 e. The van der Waals surface area contributed by atoms with Gasteiger partial charge in [0.1, 0.15) is 0 Å². The Morgan fingerprint density at radius 2 is 1.86 bits per heavy atom. The highest BCUT2D eigenvalue weighted by Crippen LogP contribution is 2.22. The summed E-state index contributed by atoms with van der Waals surface area (Å²) in [5.74, 6) is 0.873. The van der Waals surface area contributed by atoms with Gasteiger partial charge >= 0.3 is 0 Å². The maximum absolute atomic E-state index is 5.06. The van der Waals surface area contributed by atoms with Crippen LogP contribution in [0.15, 0.2) is 35.3 Å². The van der Waals surface area contributed by atoms with Gasteiger partial charge < -0.3 is 15.4 Å². The van der Waals surface area contributed by atoms with E-state index < -0.39 is 0 Å². The number of ether oxygens (including phenoxy) is 1.